The van der Waals surface area contributed by atoms with Gasteiger partial charge in [-0.1, -0.05) is 18.2 Å². The van der Waals surface area contributed by atoms with Gasteiger partial charge in [0.1, 0.15) is 17.3 Å². The number of carbonyl (C=O) groups excluding carboxylic acids is 3. The van der Waals surface area contributed by atoms with Crippen LogP contribution in [-0.2, 0) is 20.9 Å². The topological polar surface area (TPSA) is 84.9 Å². The number of esters is 1. The molecule has 1 aliphatic rings. The molecule has 0 unspecified atom stereocenters. The lowest BCUT2D eigenvalue weighted by atomic mass is 10.1. The second-order valence-electron chi connectivity index (χ2n) is 6.29. The molecule has 2 aromatic carbocycles. The van der Waals surface area contributed by atoms with Crippen LogP contribution in [0.3, 0.4) is 0 Å². The Labute approximate surface area is 180 Å². The summed E-state index contributed by atoms with van der Waals surface area (Å²) in [5, 5.41) is 2.54. The Balaban J connectivity index is 1.69. The van der Waals surface area contributed by atoms with E-state index >= 15 is 0 Å². The summed E-state index contributed by atoms with van der Waals surface area (Å²) < 4.78 is 23.8. The fourth-order valence-electron chi connectivity index (χ4n) is 2.72. The maximum atomic E-state index is 13.0. The quantitative estimate of drug-likeness (QED) is 0.374. The summed E-state index contributed by atoms with van der Waals surface area (Å²) in [5.74, 6) is -0.916. The molecule has 30 heavy (non-hydrogen) atoms. The first-order chi connectivity index (χ1) is 14.4. The standard InChI is InChI=1S/C21H18BrFN2O5/c1-2-29-19(26)12-30-18-8-5-14(9-16(18)22)10-17-20(27)25(21(28)24-17)11-13-3-6-15(23)7-4-13/h3-10H,2,11-12H2,1H3,(H,24,28)/b17-10+. The van der Waals surface area contributed by atoms with Gasteiger partial charge in [0.05, 0.1) is 17.6 Å². The van der Waals surface area contributed by atoms with Crippen LogP contribution in [0.4, 0.5) is 9.18 Å². The van der Waals surface area contributed by atoms with Gasteiger partial charge in [-0.2, -0.15) is 0 Å². The van der Waals surface area contributed by atoms with E-state index in [9.17, 15) is 18.8 Å². The zero-order valence-electron chi connectivity index (χ0n) is 16.0. The molecule has 9 heteroatoms. The predicted octanol–water partition coefficient (Wildman–Crippen LogP) is 3.62. The van der Waals surface area contributed by atoms with Gasteiger partial charge in [-0.15, -0.1) is 0 Å². The number of nitrogens with zero attached hydrogens (tertiary/aromatic N) is 1. The van der Waals surface area contributed by atoms with Gasteiger partial charge in [0.2, 0.25) is 0 Å². The number of ether oxygens (including phenoxy) is 2. The number of nitrogens with one attached hydrogen (secondary N) is 1. The molecule has 3 rings (SSSR count). The van der Waals surface area contributed by atoms with Crippen molar-refractivity contribution in [2.45, 2.75) is 13.5 Å². The first kappa shape index (κ1) is 21.5. The Morgan fingerprint density at radius 2 is 1.93 bits per heavy atom. The Bertz CT molecular complexity index is 1010. The second-order valence-corrected chi connectivity index (χ2v) is 7.14. The summed E-state index contributed by atoms with van der Waals surface area (Å²) in [6.45, 7) is 1.79. The summed E-state index contributed by atoms with van der Waals surface area (Å²) in [6.07, 6.45) is 1.53. The van der Waals surface area contributed by atoms with Gasteiger partial charge in [-0.25, -0.2) is 14.0 Å². The van der Waals surface area contributed by atoms with Crippen LogP contribution in [0.25, 0.3) is 6.08 Å². The van der Waals surface area contributed by atoms with E-state index in [0.29, 0.717) is 21.3 Å². The third-order valence-electron chi connectivity index (χ3n) is 4.13. The van der Waals surface area contributed by atoms with E-state index in [1.54, 1.807) is 25.1 Å². The van der Waals surface area contributed by atoms with E-state index in [0.717, 1.165) is 4.90 Å². The number of halogens is 2. The van der Waals surface area contributed by atoms with E-state index in [1.165, 1.54) is 30.3 Å². The molecule has 3 amide bonds. The van der Waals surface area contributed by atoms with Crippen LogP contribution in [0, 0.1) is 5.82 Å². The molecular weight excluding hydrogens is 459 g/mol. The lowest BCUT2D eigenvalue weighted by Gasteiger charge is -2.11. The van der Waals surface area contributed by atoms with Gasteiger partial charge in [0.15, 0.2) is 6.61 Å². The molecule has 1 saturated heterocycles. The van der Waals surface area contributed by atoms with Crippen LogP contribution >= 0.6 is 15.9 Å². The Hall–Kier alpha value is -3.20. The lowest BCUT2D eigenvalue weighted by Crippen LogP contribution is -2.30. The zero-order valence-corrected chi connectivity index (χ0v) is 17.6. The summed E-state index contributed by atoms with van der Waals surface area (Å²) in [7, 11) is 0. The van der Waals surface area contributed by atoms with Crippen molar-refractivity contribution in [3.05, 3.63) is 69.6 Å². The van der Waals surface area contributed by atoms with Crippen LogP contribution in [0.5, 0.6) is 5.75 Å². The first-order valence-corrected chi connectivity index (χ1v) is 9.83. The largest absolute Gasteiger partial charge is 0.481 e. The van der Waals surface area contributed by atoms with Crippen LogP contribution in [-0.4, -0.2) is 36.0 Å². The van der Waals surface area contributed by atoms with Gasteiger partial charge in [-0.3, -0.25) is 9.69 Å². The van der Waals surface area contributed by atoms with Gasteiger partial charge >= 0.3 is 12.0 Å². The highest BCUT2D eigenvalue weighted by atomic mass is 79.9. The number of hydrogen-bond acceptors (Lipinski definition) is 5. The number of imide groups is 1. The van der Waals surface area contributed by atoms with Crippen molar-refractivity contribution < 1.29 is 28.2 Å². The molecule has 1 N–H and O–H groups in total. The van der Waals surface area contributed by atoms with Crippen molar-refractivity contribution in [3.8, 4) is 5.75 Å². The molecule has 0 saturated carbocycles. The maximum Gasteiger partial charge on any atom is 0.344 e. The lowest BCUT2D eigenvalue weighted by molar-refractivity contribution is -0.145. The first-order valence-electron chi connectivity index (χ1n) is 9.04. The summed E-state index contributed by atoms with van der Waals surface area (Å²) in [4.78, 5) is 37.2. The molecule has 0 bridgehead atoms. The van der Waals surface area contributed by atoms with Crippen molar-refractivity contribution >= 4 is 39.9 Å². The molecule has 1 heterocycles. The van der Waals surface area contributed by atoms with Crippen LogP contribution < -0.4 is 10.1 Å². The number of hydrogen-bond donors (Lipinski definition) is 1. The van der Waals surface area contributed by atoms with Crippen LogP contribution in [0.15, 0.2) is 52.6 Å². The number of benzene rings is 2. The van der Waals surface area contributed by atoms with Crippen molar-refractivity contribution in [3.63, 3.8) is 0 Å². The molecule has 0 aliphatic carbocycles. The summed E-state index contributed by atoms with van der Waals surface area (Å²) in [6, 6.07) is 10.0. The Kier molecular flexibility index (Phi) is 6.83. The Morgan fingerprint density at radius 1 is 1.20 bits per heavy atom. The van der Waals surface area contributed by atoms with Crippen LogP contribution in [0.1, 0.15) is 18.1 Å². The highest BCUT2D eigenvalue weighted by Crippen LogP contribution is 2.27. The minimum Gasteiger partial charge on any atom is -0.481 e. The van der Waals surface area contributed by atoms with E-state index in [-0.39, 0.29) is 25.5 Å². The van der Waals surface area contributed by atoms with Gasteiger partial charge in [0, 0.05) is 0 Å². The molecule has 1 aliphatic heterocycles. The van der Waals surface area contributed by atoms with E-state index in [2.05, 4.69) is 21.2 Å². The predicted molar refractivity (Wildman–Crippen MR) is 110 cm³/mol. The molecule has 2 aromatic rings. The zero-order chi connectivity index (χ0) is 21.7. The molecule has 0 radical (unpaired) electrons. The second kappa shape index (κ2) is 9.53. The average molecular weight is 477 g/mol. The molecule has 7 nitrogen and oxygen atoms in total. The molecular formula is C21H18BrFN2O5. The molecule has 0 spiro atoms. The van der Waals surface area contributed by atoms with Gasteiger partial charge < -0.3 is 14.8 Å². The normalized spacial score (nSPS) is 14.8. The van der Waals surface area contributed by atoms with Crippen molar-refractivity contribution in [1.82, 2.24) is 10.2 Å². The van der Waals surface area contributed by atoms with Crippen LogP contribution in [0.2, 0.25) is 0 Å². The fourth-order valence-corrected chi connectivity index (χ4v) is 3.23. The van der Waals surface area contributed by atoms with Crippen molar-refractivity contribution in [1.29, 1.82) is 0 Å². The number of amides is 3. The number of rotatable bonds is 7. The third kappa shape index (κ3) is 5.24. The summed E-state index contributed by atoms with van der Waals surface area (Å²) >= 11 is 3.35. The van der Waals surface area contributed by atoms with Crippen molar-refractivity contribution in [2.75, 3.05) is 13.2 Å². The maximum absolute atomic E-state index is 13.0. The van der Waals surface area contributed by atoms with Crippen molar-refractivity contribution in [2.24, 2.45) is 0 Å². The minimum absolute atomic E-state index is 0.0343. The smallest absolute Gasteiger partial charge is 0.344 e. The fraction of sp³-hybridized carbons (Fsp3) is 0.190. The third-order valence-corrected chi connectivity index (χ3v) is 4.75. The van der Waals surface area contributed by atoms with Gasteiger partial charge in [-0.05, 0) is 64.3 Å². The van der Waals surface area contributed by atoms with E-state index in [1.807, 2.05) is 0 Å². The average Bonchev–Trinajstić information content (AvgIpc) is 2.96. The molecule has 1 fully saturated rings. The monoisotopic (exact) mass is 476 g/mol. The highest BCUT2D eigenvalue weighted by molar-refractivity contribution is 9.10. The number of urea groups is 1. The minimum atomic E-state index is -0.552. The SMILES string of the molecule is CCOC(=O)COc1ccc(/C=C2/NC(=O)N(Cc3ccc(F)cc3)C2=O)cc1Br. The highest BCUT2D eigenvalue weighted by Gasteiger charge is 2.33. The summed E-state index contributed by atoms with van der Waals surface area (Å²) in [5.41, 5.74) is 1.39. The van der Waals surface area contributed by atoms with E-state index in [4.69, 9.17) is 9.47 Å². The molecule has 0 aromatic heterocycles. The molecule has 156 valence electrons. The Morgan fingerprint density at radius 3 is 2.60 bits per heavy atom. The van der Waals surface area contributed by atoms with Gasteiger partial charge in [0.25, 0.3) is 5.91 Å². The van der Waals surface area contributed by atoms with E-state index < -0.39 is 23.7 Å². The molecule has 0 atom stereocenters. The number of carbonyl (C=O) groups is 3.